The van der Waals surface area contributed by atoms with Crippen molar-refractivity contribution in [1.29, 1.82) is 0 Å². The molecule has 0 radical (unpaired) electrons. The van der Waals surface area contributed by atoms with E-state index >= 15 is 0 Å². The second-order valence-corrected chi connectivity index (χ2v) is 5.38. The Hall–Kier alpha value is -2.15. The summed E-state index contributed by atoms with van der Waals surface area (Å²) in [6.07, 6.45) is 6.35. The van der Waals surface area contributed by atoms with Gasteiger partial charge in [-0.15, -0.1) is 0 Å². The molecule has 2 atom stereocenters. The topological polar surface area (TPSA) is 76.8 Å². The van der Waals surface area contributed by atoms with Crippen LogP contribution in [0.15, 0.2) is 30.7 Å². The largest absolute Gasteiger partial charge is 0.310 e. The van der Waals surface area contributed by atoms with Crippen molar-refractivity contribution in [1.82, 2.24) is 24.9 Å². The van der Waals surface area contributed by atoms with Gasteiger partial charge in [0.1, 0.15) is 5.82 Å². The fourth-order valence-corrected chi connectivity index (χ4v) is 2.19. The quantitative estimate of drug-likeness (QED) is 0.778. The number of anilines is 1. The summed E-state index contributed by atoms with van der Waals surface area (Å²) < 4.78 is 3.68. The summed E-state index contributed by atoms with van der Waals surface area (Å²) in [6.45, 7) is 7.24. The van der Waals surface area contributed by atoms with E-state index in [1.54, 1.807) is 17.1 Å². The molecule has 1 amide bonds. The van der Waals surface area contributed by atoms with E-state index in [0.29, 0.717) is 0 Å². The van der Waals surface area contributed by atoms with Crippen molar-refractivity contribution in [2.45, 2.75) is 45.8 Å². The highest BCUT2D eigenvalue weighted by Crippen LogP contribution is 2.09. The van der Waals surface area contributed by atoms with Crippen LogP contribution in [0.3, 0.4) is 0 Å². The number of nitrogens with zero attached hydrogens (tertiary/aromatic N) is 4. The number of carbonyl (C=O) groups excluding carboxylic acids is 1. The van der Waals surface area contributed by atoms with Crippen molar-refractivity contribution in [2.24, 2.45) is 0 Å². The van der Waals surface area contributed by atoms with Crippen molar-refractivity contribution >= 4 is 11.7 Å². The van der Waals surface area contributed by atoms with E-state index in [2.05, 4.69) is 34.7 Å². The van der Waals surface area contributed by atoms with Crippen LogP contribution < -0.4 is 10.6 Å². The molecule has 0 bridgehead atoms. The molecule has 0 unspecified atom stereocenters. The Kier molecular flexibility index (Phi) is 5.71. The van der Waals surface area contributed by atoms with Crippen molar-refractivity contribution in [2.75, 3.05) is 11.9 Å². The summed E-state index contributed by atoms with van der Waals surface area (Å²) in [5.74, 6) is 0.666. The van der Waals surface area contributed by atoms with E-state index in [-0.39, 0.29) is 24.5 Å². The fourth-order valence-electron chi connectivity index (χ4n) is 2.19. The number of hydrogen-bond acceptors (Lipinski definition) is 4. The molecule has 0 spiro atoms. The number of amides is 1. The maximum atomic E-state index is 12.0. The third-order valence-corrected chi connectivity index (χ3v) is 3.67. The molecule has 7 heteroatoms. The number of nitrogens with one attached hydrogen (secondary N) is 2. The minimum Gasteiger partial charge on any atom is -0.310 e. The minimum atomic E-state index is -0.0719. The SMILES string of the molecule is CCCn1nccc1NC(=O)CN[C@@H](C)[C@@H](C)n1cccn1. The van der Waals surface area contributed by atoms with Gasteiger partial charge in [0.15, 0.2) is 0 Å². The van der Waals surface area contributed by atoms with Gasteiger partial charge in [-0.3, -0.25) is 9.48 Å². The third-order valence-electron chi connectivity index (χ3n) is 3.67. The fraction of sp³-hybridized carbons (Fsp3) is 0.533. The molecule has 22 heavy (non-hydrogen) atoms. The van der Waals surface area contributed by atoms with Gasteiger partial charge in [-0.05, 0) is 26.3 Å². The third kappa shape index (κ3) is 4.17. The van der Waals surface area contributed by atoms with Gasteiger partial charge in [0.25, 0.3) is 0 Å². The average Bonchev–Trinajstić information content (AvgIpc) is 3.17. The Morgan fingerprint density at radius 2 is 2.14 bits per heavy atom. The van der Waals surface area contributed by atoms with Gasteiger partial charge in [-0.2, -0.15) is 10.2 Å². The number of aromatic nitrogens is 4. The Morgan fingerprint density at radius 3 is 2.82 bits per heavy atom. The standard InChI is InChI=1S/C15H24N6O/c1-4-9-21-14(6-8-18-21)19-15(22)11-16-12(2)13(3)20-10-5-7-17-20/h5-8,10,12-13,16H,4,9,11H2,1-3H3,(H,19,22)/t12-,13+/m0/s1. The molecule has 2 N–H and O–H groups in total. The number of carbonyl (C=O) groups is 1. The van der Waals surface area contributed by atoms with Gasteiger partial charge in [-0.1, -0.05) is 6.92 Å². The molecular weight excluding hydrogens is 280 g/mol. The van der Waals surface area contributed by atoms with E-state index in [9.17, 15) is 4.79 Å². The summed E-state index contributed by atoms with van der Waals surface area (Å²) >= 11 is 0. The minimum absolute atomic E-state index is 0.0719. The smallest absolute Gasteiger partial charge is 0.239 e. The summed E-state index contributed by atoms with van der Waals surface area (Å²) in [5, 5.41) is 14.5. The van der Waals surface area contributed by atoms with Crippen LogP contribution >= 0.6 is 0 Å². The monoisotopic (exact) mass is 304 g/mol. The zero-order chi connectivity index (χ0) is 15.9. The normalized spacial score (nSPS) is 13.8. The van der Waals surface area contributed by atoms with E-state index in [0.717, 1.165) is 18.8 Å². The van der Waals surface area contributed by atoms with Gasteiger partial charge < -0.3 is 10.6 Å². The lowest BCUT2D eigenvalue weighted by molar-refractivity contribution is -0.115. The highest BCUT2D eigenvalue weighted by Gasteiger charge is 2.15. The number of hydrogen-bond donors (Lipinski definition) is 2. The van der Waals surface area contributed by atoms with Crippen molar-refractivity contribution < 1.29 is 4.79 Å². The van der Waals surface area contributed by atoms with Gasteiger partial charge in [0.2, 0.25) is 5.91 Å². The molecule has 2 aromatic rings. The van der Waals surface area contributed by atoms with Gasteiger partial charge in [0.05, 0.1) is 18.8 Å². The lowest BCUT2D eigenvalue weighted by atomic mass is 10.2. The molecule has 0 aromatic carbocycles. The lowest BCUT2D eigenvalue weighted by Gasteiger charge is -2.21. The highest BCUT2D eigenvalue weighted by molar-refractivity contribution is 5.91. The van der Waals surface area contributed by atoms with Crippen LogP contribution in [-0.4, -0.2) is 38.1 Å². The van der Waals surface area contributed by atoms with Gasteiger partial charge in [0, 0.05) is 31.0 Å². The molecule has 0 saturated carbocycles. The molecule has 7 nitrogen and oxygen atoms in total. The van der Waals surface area contributed by atoms with Crippen LogP contribution in [0, 0.1) is 0 Å². The summed E-state index contributed by atoms with van der Waals surface area (Å²) in [6, 6.07) is 4.01. The first-order valence-electron chi connectivity index (χ1n) is 7.66. The Morgan fingerprint density at radius 1 is 1.32 bits per heavy atom. The molecule has 2 aromatic heterocycles. The van der Waals surface area contributed by atoms with Gasteiger partial charge in [-0.25, -0.2) is 4.68 Å². The number of aryl methyl sites for hydroxylation is 1. The van der Waals surface area contributed by atoms with Crippen LogP contribution in [0.1, 0.15) is 33.2 Å². The first-order chi connectivity index (χ1) is 10.6. The molecule has 2 rings (SSSR count). The molecule has 0 fully saturated rings. The number of rotatable bonds is 8. The van der Waals surface area contributed by atoms with E-state index in [1.165, 1.54) is 0 Å². The second kappa shape index (κ2) is 7.74. The molecule has 0 aliphatic heterocycles. The van der Waals surface area contributed by atoms with E-state index in [1.807, 2.05) is 29.9 Å². The Labute approximate surface area is 130 Å². The molecule has 2 heterocycles. The van der Waals surface area contributed by atoms with Crippen LogP contribution in [0.2, 0.25) is 0 Å². The predicted molar refractivity (Wildman–Crippen MR) is 85.6 cm³/mol. The van der Waals surface area contributed by atoms with Crippen LogP contribution in [0.4, 0.5) is 5.82 Å². The van der Waals surface area contributed by atoms with Crippen molar-refractivity contribution in [3.05, 3.63) is 30.7 Å². The van der Waals surface area contributed by atoms with Crippen molar-refractivity contribution in [3.63, 3.8) is 0 Å². The molecule has 0 aliphatic carbocycles. The lowest BCUT2D eigenvalue weighted by Crippen LogP contribution is -2.39. The predicted octanol–water partition coefficient (Wildman–Crippen LogP) is 1.67. The van der Waals surface area contributed by atoms with Crippen LogP contribution in [0.5, 0.6) is 0 Å². The molecular formula is C15H24N6O. The van der Waals surface area contributed by atoms with Crippen LogP contribution in [0.25, 0.3) is 0 Å². The summed E-state index contributed by atoms with van der Waals surface area (Å²) in [5.41, 5.74) is 0. The molecule has 0 aliphatic rings. The molecule has 0 saturated heterocycles. The summed E-state index contributed by atoms with van der Waals surface area (Å²) in [4.78, 5) is 12.0. The average molecular weight is 304 g/mol. The van der Waals surface area contributed by atoms with Gasteiger partial charge >= 0.3 is 0 Å². The Bertz CT molecular complexity index is 577. The first kappa shape index (κ1) is 16.2. The summed E-state index contributed by atoms with van der Waals surface area (Å²) in [7, 11) is 0. The van der Waals surface area contributed by atoms with Crippen LogP contribution in [-0.2, 0) is 11.3 Å². The van der Waals surface area contributed by atoms with E-state index < -0.39 is 0 Å². The Balaban J connectivity index is 1.81. The molecule has 120 valence electrons. The second-order valence-electron chi connectivity index (χ2n) is 5.38. The zero-order valence-corrected chi connectivity index (χ0v) is 13.4. The maximum absolute atomic E-state index is 12.0. The highest BCUT2D eigenvalue weighted by atomic mass is 16.2. The zero-order valence-electron chi connectivity index (χ0n) is 13.4. The maximum Gasteiger partial charge on any atom is 0.239 e. The van der Waals surface area contributed by atoms with Crippen molar-refractivity contribution in [3.8, 4) is 0 Å². The first-order valence-corrected chi connectivity index (χ1v) is 7.66. The van der Waals surface area contributed by atoms with E-state index in [4.69, 9.17) is 0 Å².